The molecule has 2 heterocycles. The summed E-state index contributed by atoms with van der Waals surface area (Å²) in [4.78, 5) is 24.3. The molecule has 0 radical (unpaired) electrons. The van der Waals surface area contributed by atoms with Gasteiger partial charge in [-0.15, -0.1) is 0 Å². The Bertz CT molecular complexity index is 1180. The summed E-state index contributed by atoms with van der Waals surface area (Å²) in [6.07, 6.45) is 2.40. The predicted molar refractivity (Wildman–Crippen MR) is 137 cm³/mol. The maximum atomic E-state index is 13.8. The van der Waals surface area contributed by atoms with Gasteiger partial charge in [0, 0.05) is 6.07 Å². The number of nitrogens with two attached hydrogens (primary N) is 1. The molecular formula is C26H35N3O9P+. The molecule has 1 aromatic carbocycles. The molecule has 39 heavy (non-hydrogen) atoms. The molecule has 1 saturated heterocycles. The van der Waals surface area contributed by atoms with Crippen molar-refractivity contribution in [3.05, 3.63) is 60.4 Å². The van der Waals surface area contributed by atoms with Crippen molar-refractivity contribution in [2.75, 3.05) is 6.61 Å². The number of aliphatic hydroxyl groups is 2. The quantitative estimate of drug-likeness (QED) is 0.179. The van der Waals surface area contributed by atoms with E-state index in [9.17, 15) is 24.4 Å². The van der Waals surface area contributed by atoms with Gasteiger partial charge in [0.15, 0.2) is 18.5 Å². The normalized spacial score (nSPS) is 25.9. The van der Waals surface area contributed by atoms with Crippen LogP contribution in [0.5, 0.6) is 5.75 Å². The molecule has 2 aromatic rings. The lowest BCUT2D eigenvalue weighted by molar-refractivity contribution is -0.765. The van der Waals surface area contributed by atoms with Crippen molar-refractivity contribution in [1.29, 1.82) is 0 Å². The third-order valence-corrected chi connectivity index (χ3v) is 8.30. The van der Waals surface area contributed by atoms with E-state index in [0.29, 0.717) is 0 Å². The number of carbonyl (C=O) groups excluding carboxylic acids is 2. The second kappa shape index (κ2) is 13.0. The van der Waals surface area contributed by atoms with E-state index in [1.54, 1.807) is 42.6 Å². The highest BCUT2D eigenvalue weighted by Gasteiger charge is 2.49. The van der Waals surface area contributed by atoms with Crippen molar-refractivity contribution in [3.63, 3.8) is 0 Å². The molecule has 212 valence electrons. The Kier molecular flexibility index (Phi) is 9.71. The minimum atomic E-state index is -4.21. The molecule has 1 saturated carbocycles. The predicted octanol–water partition coefficient (Wildman–Crippen LogP) is 1.75. The SMILES string of the molecule is C[C@H](NP(=O)(OC[C@H]1O[C@@H]([n+]2cccc(C(N)=O)c2)[C@@H](O)[C@H]1O)Oc1ccccc1)C(=O)OC1CCCCC1. The average molecular weight is 565 g/mol. The van der Waals surface area contributed by atoms with Crippen LogP contribution in [0, 0.1) is 0 Å². The zero-order valence-corrected chi connectivity index (χ0v) is 22.5. The first-order valence-electron chi connectivity index (χ1n) is 12.9. The zero-order valence-electron chi connectivity index (χ0n) is 21.6. The van der Waals surface area contributed by atoms with Crippen LogP contribution in [0.15, 0.2) is 54.9 Å². The van der Waals surface area contributed by atoms with Gasteiger partial charge in [-0.3, -0.25) is 14.1 Å². The lowest BCUT2D eigenvalue weighted by atomic mass is 9.98. The molecule has 4 rings (SSSR count). The number of carbonyl (C=O) groups is 2. The van der Waals surface area contributed by atoms with Gasteiger partial charge in [-0.2, -0.15) is 9.65 Å². The number of nitrogens with zero attached hydrogens (tertiary/aromatic N) is 1. The van der Waals surface area contributed by atoms with E-state index in [2.05, 4.69) is 5.09 Å². The van der Waals surface area contributed by atoms with Crippen LogP contribution in [0.3, 0.4) is 0 Å². The molecule has 1 aliphatic heterocycles. The standard InChI is InChI=1S/C26H34N3O9P/c1-17(26(33)36-19-10-4-2-5-11-19)28-39(34,38-20-12-6-3-7-13-20)35-16-21-22(30)23(31)25(37-21)29-14-8-9-18(15-29)24(27)32/h3,6-9,12-15,17,19,21-23,25,30-31H,2,4-5,10-11,16H2,1H3,(H2-,27,28,32,34)/p+1/t17-,21+,22-,23-,25+,39?/m0/s1. The van der Waals surface area contributed by atoms with Crippen LogP contribution >= 0.6 is 7.75 Å². The highest BCUT2D eigenvalue weighted by molar-refractivity contribution is 7.52. The molecule has 0 spiro atoms. The first-order valence-corrected chi connectivity index (χ1v) is 14.5. The molecular weight excluding hydrogens is 529 g/mol. The van der Waals surface area contributed by atoms with Crippen molar-refractivity contribution < 1.29 is 47.5 Å². The van der Waals surface area contributed by atoms with Gasteiger partial charge < -0.3 is 29.9 Å². The number of para-hydroxylation sites is 1. The van der Waals surface area contributed by atoms with Crippen LogP contribution < -0.4 is 19.9 Å². The second-order valence-corrected chi connectivity index (χ2v) is 11.4. The molecule has 6 atom stereocenters. The molecule has 1 aliphatic carbocycles. The highest BCUT2D eigenvalue weighted by atomic mass is 31.2. The second-order valence-electron chi connectivity index (χ2n) is 9.70. The highest BCUT2D eigenvalue weighted by Crippen LogP contribution is 2.46. The topological polar surface area (TPSA) is 171 Å². The fourth-order valence-electron chi connectivity index (χ4n) is 4.53. The summed E-state index contributed by atoms with van der Waals surface area (Å²) in [5.41, 5.74) is 5.51. The molecule has 1 amide bonds. The molecule has 12 nitrogen and oxygen atoms in total. The largest absolute Gasteiger partial charge is 0.461 e. The van der Waals surface area contributed by atoms with Crippen LogP contribution in [0.2, 0.25) is 0 Å². The van der Waals surface area contributed by atoms with E-state index in [4.69, 9.17) is 24.3 Å². The number of ether oxygens (including phenoxy) is 2. The maximum absolute atomic E-state index is 13.8. The van der Waals surface area contributed by atoms with E-state index in [0.717, 1.165) is 32.1 Å². The van der Waals surface area contributed by atoms with Crippen LogP contribution in [0.4, 0.5) is 0 Å². The number of rotatable bonds is 11. The minimum Gasteiger partial charge on any atom is -0.461 e. The van der Waals surface area contributed by atoms with E-state index < -0.39 is 56.8 Å². The number of primary amides is 1. The van der Waals surface area contributed by atoms with Crippen molar-refractivity contribution in [2.24, 2.45) is 5.73 Å². The third-order valence-electron chi connectivity index (χ3n) is 6.66. The fourth-order valence-corrected chi connectivity index (χ4v) is 6.03. The summed E-state index contributed by atoms with van der Waals surface area (Å²) in [5, 5.41) is 23.9. The van der Waals surface area contributed by atoms with Gasteiger partial charge in [0.1, 0.15) is 35.7 Å². The van der Waals surface area contributed by atoms with Gasteiger partial charge in [-0.25, -0.2) is 4.57 Å². The lowest BCUT2D eigenvalue weighted by Crippen LogP contribution is -2.46. The summed E-state index contributed by atoms with van der Waals surface area (Å²) >= 11 is 0. The average Bonchev–Trinajstić information content (AvgIpc) is 3.22. The van der Waals surface area contributed by atoms with E-state index in [-0.39, 0.29) is 17.4 Å². The number of esters is 1. The molecule has 0 bridgehead atoms. The van der Waals surface area contributed by atoms with Gasteiger partial charge in [0.2, 0.25) is 0 Å². The summed E-state index contributed by atoms with van der Waals surface area (Å²) in [6.45, 7) is 1.05. The summed E-state index contributed by atoms with van der Waals surface area (Å²) in [5.74, 6) is -1.02. The Morgan fingerprint density at radius 2 is 1.85 bits per heavy atom. The number of amides is 1. The number of benzene rings is 1. The van der Waals surface area contributed by atoms with Crippen LogP contribution in [-0.4, -0.2) is 59.2 Å². The Morgan fingerprint density at radius 1 is 1.13 bits per heavy atom. The van der Waals surface area contributed by atoms with E-state index in [1.165, 1.54) is 23.8 Å². The number of aliphatic hydroxyl groups excluding tert-OH is 2. The number of pyridine rings is 1. The molecule has 5 N–H and O–H groups in total. The molecule has 1 unspecified atom stereocenters. The van der Waals surface area contributed by atoms with Gasteiger partial charge in [0.25, 0.3) is 12.1 Å². The maximum Gasteiger partial charge on any atom is 0.459 e. The van der Waals surface area contributed by atoms with Crippen LogP contribution in [0.1, 0.15) is 55.6 Å². The Hall–Kier alpha value is -2.86. The van der Waals surface area contributed by atoms with Gasteiger partial charge in [0.05, 0.1) is 6.61 Å². The number of nitrogens with one attached hydrogen (secondary N) is 1. The monoisotopic (exact) mass is 564 g/mol. The molecule has 2 aliphatic rings. The number of hydrogen-bond acceptors (Lipinski definition) is 9. The minimum absolute atomic E-state index is 0.182. The number of hydrogen-bond donors (Lipinski definition) is 4. The summed E-state index contributed by atoms with van der Waals surface area (Å²) in [7, 11) is -4.21. The van der Waals surface area contributed by atoms with Crippen molar-refractivity contribution in [3.8, 4) is 5.75 Å². The van der Waals surface area contributed by atoms with Crippen molar-refractivity contribution >= 4 is 19.6 Å². The van der Waals surface area contributed by atoms with E-state index in [1.807, 2.05) is 0 Å². The zero-order chi connectivity index (χ0) is 28.0. The lowest BCUT2D eigenvalue weighted by Gasteiger charge is -2.26. The van der Waals surface area contributed by atoms with Crippen LogP contribution in [-0.2, 0) is 23.4 Å². The molecule has 2 fully saturated rings. The summed E-state index contributed by atoms with van der Waals surface area (Å²) in [6, 6.07) is 10.3. The van der Waals surface area contributed by atoms with Gasteiger partial charge >= 0.3 is 13.7 Å². The third kappa shape index (κ3) is 7.63. The Labute approximate surface area is 226 Å². The first-order chi connectivity index (χ1) is 18.6. The van der Waals surface area contributed by atoms with Gasteiger partial charge in [-0.1, -0.05) is 24.6 Å². The first kappa shape index (κ1) is 29.1. The van der Waals surface area contributed by atoms with Gasteiger partial charge in [-0.05, 0) is 50.8 Å². The Balaban J connectivity index is 1.44. The Morgan fingerprint density at radius 3 is 2.54 bits per heavy atom. The number of aromatic nitrogens is 1. The van der Waals surface area contributed by atoms with E-state index >= 15 is 0 Å². The van der Waals surface area contributed by atoms with Crippen molar-refractivity contribution in [2.45, 2.75) is 75.7 Å². The van der Waals surface area contributed by atoms with Crippen molar-refractivity contribution in [1.82, 2.24) is 5.09 Å². The molecule has 13 heteroatoms. The summed E-state index contributed by atoms with van der Waals surface area (Å²) < 4.78 is 37.8. The fraction of sp³-hybridized carbons (Fsp3) is 0.500. The smallest absolute Gasteiger partial charge is 0.459 e. The van der Waals surface area contributed by atoms with Crippen LogP contribution in [0.25, 0.3) is 0 Å². The molecule has 1 aromatic heterocycles.